The number of hydrogen-bond donors (Lipinski definition) is 2. The van der Waals surface area contributed by atoms with Crippen molar-refractivity contribution < 1.29 is 4.79 Å². The molecule has 0 spiro atoms. The van der Waals surface area contributed by atoms with Gasteiger partial charge in [-0.25, -0.2) is 0 Å². The number of carbonyl (C=O) groups is 1. The fraction of sp³-hybridized carbons (Fsp3) is 0. The summed E-state index contributed by atoms with van der Waals surface area (Å²) in [6.07, 6.45) is 0. The number of primary amides is 1. The van der Waals surface area contributed by atoms with Crippen molar-refractivity contribution in [2.75, 3.05) is 5.32 Å². The Morgan fingerprint density at radius 1 is 1.20 bits per heavy atom. The van der Waals surface area contributed by atoms with Crippen molar-refractivity contribution in [1.29, 1.82) is 0 Å². The first-order valence-corrected chi connectivity index (χ1v) is 5.34. The third-order valence-electron chi connectivity index (χ3n) is 1.94. The monoisotopic (exact) mass is 218 g/mol. The summed E-state index contributed by atoms with van der Waals surface area (Å²) in [5.41, 5.74) is 6.95. The van der Waals surface area contributed by atoms with E-state index in [1.165, 1.54) is 11.3 Å². The third kappa shape index (κ3) is 2.16. The quantitative estimate of drug-likeness (QED) is 0.832. The minimum absolute atomic E-state index is 0.400. The second-order valence-electron chi connectivity index (χ2n) is 3.02. The summed E-state index contributed by atoms with van der Waals surface area (Å²) in [6.45, 7) is 0. The van der Waals surface area contributed by atoms with Crippen molar-refractivity contribution in [1.82, 2.24) is 0 Å². The summed E-state index contributed by atoms with van der Waals surface area (Å²) in [5.74, 6) is -0.400. The lowest BCUT2D eigenvalue weighted by Crippen LogP contribution is -2.10. The first-order valence-electron chi connectivity index (χ1n) is 4.47. The van der Waals surface area contributed by atoms with Gasteiger partial charge in [-0.05, 0) is 23.6 Å². The molecule has 3 nitrogen and oxygen atoms in total. The molecule has 0 aliphatic carbocycles. The molecule has 0 radical (unpaired) electrons. The van der Waals surface area contributed by atoms with E-state index in [0.717, 1.165) is 11.4 Å². The van der Waals surface area contributed by atoms with Crippen LogP contribution in [0.5, 0.6) is 0 Å². The first-order chi connectivity index (χ1) is 7.27. The lowest BCUT2D eigenvalue weighted by molar-refractivity contribution is 0.100. The van der Waals surface area contributed by atoms with Crippen LogP contribution in [0.3, 0.4) is 0 Å². The zero-order valence-electron chi connectivity index (χ0n) is 7.94. The van der Waals surface area contributed by atoms with Crippen molar-refractivity contribution in [3.8, 4) is 0 Å². The van der Waals surface area contributed by atoms with Gasteiger partial charge in [0.2, 0.25) is 0 Å². The van der Waals surface area contributed by atoms with Gasteiger partial charge in [0, 0.05) is 5.69 Å². The number of carbonyl (C=O) groups excluding carboxylic acids is 1. The van der Waals surface area contributed by atoms with Crippen LogP contribution in [0.25, 0.3) is 0 Å². The van der Waals surface area contributed by atoms with Crippen LogP contribution in [0.15, 0.2) is 41.8 Å². The Labute approximate surface area is 91.5 Å². The van der Waals surface area contributed by atoms with Gasteiger partial charge in [-0.3, -0.25) is 4.79 Å². The number of hydrogen-bond acceptors (Lipinski definition) is 3. The predicted octanol–water partition coefficient (Wildman–Crippen LogP) is 2.59. The van der Waals surface area contributed by atoms with Crippen LogP contribution in [0.4, 0.5) is 11.4 Å². The van der Waals surface area contributed by atoms with E-state index in [1.807, 2.05) is 41.8 Å². The number of anilines is 2. The Morgan fingerprint density at radius 2 is 1.93 bits per heavy atom. The van der Waals surface area contributed by atoms with E-state index in [9.17, 15) is 4.79 Å². The fourth-order valence-corrected chi connectivity index (χ4v) is 1.98. The van der Waals surface area contributed by atoms with Crippen LogP contribution in [-0.4, -0.2) is 5.91 Å². The van der Waals surface area contributed by atoms with Gasteiger partial charge in [-0.1, -0.05) is 18.2 Å². The minimum atomic E-state index is -0.400. The molecule has 2 aromatic rings. The van der Waals surface area contributed by atoms with Gasteiger partial charge in [0.25, 0.3) is 5.91 Å². The summed E-state index contributed by atoms with van der Waals surface area (Å²) < 4.78 is 0. The van der Waals surface area contributed by atoms with Gasteiger partial charge in [-0.15, -0.1) is 11.3 Å². The zero-order valence-corrected chi connectivity index (χ0v) is 8.75. The highest BCUT2D eigenvalue weighted by molar-refractivity contribution is 7.12. The second-order valence-corrected chi connectivity index (χ2v) is 3.93. The number of nitrogens with two attached hydrogens (primary N) is 1. The van der Waals surface area contributed by atoms with Crippen LogP contribution in [0, 0.1) is 0 Å². The third-order valence-corrected chi connectivity index (χ3v) is 2.87. The molecule has 1 amide bonds. The summed E-state index contributed by atoms with van der Waals surface area (Å²) >= 11 is 1.34. The van der Waals surface area contributed by atoms with Gasteiger partial charge in [0.15, 0.2) is 0 Å². The molecule has 1 heterocycles. The normalized spacial score (nSPS) is 9.87. The predicted molar refractivity (Wildman–Crippen MR) is 62.6 cm³/mol. The Balaban J connectivity index is 2.25. The molecule has 0 atom stereocenters. The standard InChI is InChI=1S/C11H10N2OS/c12-11(14)10-9(6-7-15-10)13-8-4-2-1-3-5-8/h1-7,13H,(H2,12,14). The van der Waals surface area contributed by atoms with E-state index in [-0.39, 0.29) is 0 Å². The summed E-state index contributed by atoms with van der Waals surface area (Å²) in [5, 5.41) is 4.98. The van der Waals surface area contributed by atoms with Crippen molar-refractivity contribution in [2.24, 2.45) is 5.73 Å². The topological polar surface area (TPSA) is 55.1 Å². The molecule has 76 valence electrons. The van der Waals surface area contributed by atoms with Gasteiger partial charge < -0.3 is 11.1 Å². The molecule has 1 aromatic heterocycles. The molecule has 1 aromatic carbocycles. The Hall–Kier alpha value is -1.81. The molecular weight excluding hydrogens is 208 g/mol. The maximum atomic E-state index is 11.1. The lowest BCUT2D eigenvalue weighted by Gasteiger charge is -2.04. The second kappa shape index (κ2) is 4.14. The molecule has 3 N–H and O–H groups in total. The molecule has 0 bridgehead atoms. The van der Waals surface area contributed by atoms with Gasteiger partial charge in [0.05, 0.1) is 5.69 Å². The van der Waals surface area contributed by atoms with Gasteiger partial charge in [-0.2, -0.15) is 0 Å². The molecule has 0 fully saturated rings. The molecule has 0 saturated carbocycles. The maximum absolute atomic E-state index is 11.1. The Kier molecular flexibility index (Phi) is 2.69. The molecule has 2 rings (SSSR count). The number of thiophene rings is 1. The maximum Gasteiger partial charge on any atom is 0.260 e. The van der Waals surface area contributed by atoms with Crippen molar-refractivity contribution in [3.05, 3.63) is 46.7 Å². The van der Waals surface area contributed by atoms with Crippen LogP contribution >= 0.6 is 11.3 Å². The summed E-state index contributed by atoms with van der Waals surface area (Å²) in [6, 6.07) is 11.5. The van der Waals surface area contributed by atoms with Gasteiger partial charge >= 0.3 is 0 Å². The van der Waals surface area contributed by atoms with Crippen LogP contribution in [0.1, 0.15) is 9.67 Å². The summed E-state index contributed by atoms with van der Waals surface area (Å²) in [7, 11) is 0. The molecular formula is C11H10N2OS. The highest BCUT2D eigenvalue weighted by atomic mass is 32.1. The van der Waals surface area contributed by atoms with Crippen molar-refractivity contribution in [2.45, 2.75) is 0 Å². The van der Waals surface area contributed by atoms with E-state index < -0.39 is 5.91 Å². The molecule has 0 aliphatic heterocycles. The Bertz CT molecular complexity index is 464. The number of amides is 1. The average Bonchev–Trinajstić information content (AvgIpc) is 2.67. The number of nitrogens with one attached hydrogen (secondary N) is 1. The van der Waals surface area contributed by atoms with Crippen LogP contribution in [0.2, 0.25) is 0 Å². The zero-order chi connectivity index (χ0) is 10.7. The van der Waals surface area contributed by atoms with Crippen molar-refractivity contribution in [3.63, 3.8) is 0 Å². The molecule has 0 saturated heterocycles. The largest absolute Gasteiger partial charge is 0.365 e. The molecule has 0 unspecified atom stereocenters. The van der Waals surface area contributed by atoms with E-state index in [2.05, 4.69) is 5.32 Å². The Morgan fingerprint density at radius 3 is 2.60 bits per heavy atom. The molecule has 4 heteroatoms. The highest BCUT2D eigenvalue weighted by Crippen LogP contribution is 2.25. The fourth-order valence-electron chi connectivity index (χ4n) is 1.28. The molecule has 0 aliphatic rings. The first kappa shape index (κ1) is 9.73. The highest BCUT2D eigenvalue weighted by Gasteiger charge is 2.09. The molecule has 15 heavy (non-hydrogen) atoms. The van der Waals surface area contributed by atoms with Crippen LogP contribution in [-0.2, 0) is 0 Å². The van der Waals surface area contributed by atoms with E-state index in [0.29, 0.717) is 4.88 Å². The van der Waals surface area contributed by atoms with Gasteiger partial charge in [0.1, 0.15) is 4.88 Å². The smallest absolute Gasteiger partial charge is 0.260 e. The minimum Gasteiger partial charge on any atom is -0.365 e. The SMILES string of the molecule is NC(=O)c1sccc1Nc1ccccc1. The number of para-hydroxylation sites is 1. The van der Waals surface area contributed by atoms with E-state index in [1.54, 1.807) is 0 Å². The lowest BCUT2D eigenvalue weighted by atomic mass is 10.3. The van der Waals surface area contributed by atoms with Crippen molar-refractivity contribution >= 4 is 28.6 Å². The average molecular weight is 218 g/mol. The summed E-state index contributed by atoms with van der Waals surface area (Å²) in [4.78, 5) is 11.6. The van der Waals surface area contributed by atoms with E-state index in [4.69, 9.17) is 5.73 Å². The van der Waals surface area contributed by atoms with Crippen LogP contribution < -0.4 is 11.1 Å². The number of rotatable bonds is 3. The number of benzene rings is 1. The van der Waals surface area contributed by atoms with E-state index >= 15 is 0 Å².